The van der Waals surface area contributed by atoms with Gasteiger partial charge in [-0.1, -0.05) is 33.6 Å². The SMILES string of the molecule is CCCCC(NC1CC(O)C1(C)C)C(=O)OC. The van der Waals surface area contributed by atoms with Gasteiger partial charge in [0.05, 0.1) is 13.2 Å². The molecular weight excluding hydrogens is 218 g/mol. The molecule has 1 aliphatic carbocycles. The van der Waals surface area contributed by atoms with E-state index in [0.717, 1.165) is 19.3 Å². The van der Waals surface area contributed by atoms with Gasteiger partial charge in [-0.2, -0.15) is 0 Å². The van der Waals surface area contributed by atoms with Crippen LogP contribution in [0.5, 0.6) is 0 Å². The molecule has 3 atom stereocenters. The normalized spacial score (nSPS) is 28.3. The largest absolute Gasteiger partial charge is 0.468 e. The number of nitrogens with one attached hydrogen (secondary N) is 1. The third kappa shape index (κ3) is 3.19. The maximum absolute atomic E-state index is 11.6. The lowest BCUT2D eigenvalue weighted by Crippen LogP contribution is -2.63. The van der Waals surface area contributed by atoms with Crippen LogP contribution in [0.3, 0.4) is 0 Å². The Morgan fingerprint density at radius 3 is 2.65 bits per heavy atom. The molecule has 0 spiro atoms. The minimum absolute atomic E-state index is 0.154. The molecule has 1 aliphatic rings. The molecule has 0 aliphatic heterocycles. The van der Waals surface area contributed by atoms with Gasteiger partial charge in [0.15, 0.2) is 0 Å². The molecule has 4 nitrogen and oxygen atoms in total. The Morgan fingerprint density at radius 2 is 2.24 bits per heavy atom. The lowest BCUT2D eigenvalue weighted by molar-refractivity contribution is -0.146. The van der Waals surface area contributed by atoms with Gasteiger partial charge in [0.1, 0.15) is 6.04 Å². The van der Waals surface area contributed by atoms with E-state index in [1.807, 2.05) is 13.8 Å². The van der Waals surface area contributed by atoms with Crippen LogP contribution in [0.2, 0.25) is 0 Å². The number of carbonyl (C=O) groups is 1. The summed E-state index contributed by atoms with van der Waals surface area (Å²) >= 11 is 0. The van der Waals surface area contributed by atoms with Crippen LogP contribution in [0.25, 0.3) is 0 Å². The number of esters is 1. The van der Waals surface area contributed by atoms with Crippen LogP contribution in [0.15, 0.2) is 0 Å². The Hall–Kier alpha value is -0.610. The van der Waals surface area contributed by atoms with Crippen molar-refractivity contribution in [1.82, 2.24) is 5.32 Å². The number of hydrogen-bond acceptors (Lipinski definition) is 4. The zero-order chi connectivity index (χ0) is 13.1. The Morgan fingerprint density at radius 1 is 1.59 bits per heavy atom. The Bertz CT molecular complexity index is 265. The zero-order valence-electron chi connectivity index (χ0n) is 11.3. The van der Waals surface area contributed by atoms with E-state index in [1.165, 1.54) is 7.11 Å². The first-order valence-electron chi connectivity index (χ1n) is 6.45. The number of ether oxygens (including phenoxy) is 1. The number of methoxy groups -OCH3 is 1. The van der Waals surface area contributed by atoms with Gasteiger partial charge in [-0.3, -0.25) is 4.79 Å². The highest BCUT2D eigenvalue weighted by atomic mass is 16.5. The molecule has 4 heteroatoms. The van der Waals surface area contributed by atoms with Crippen LogP contribution in [0, 0.1) is 5.41 Å². The monoisotopic (exact) mass is 243 g/mol. The maximum atomic E-state index is 11.6. The molecule has 0 bridgehead atoms. The zero-order valence-corrected chi connectivity index (χ0v) is 11.3. The fourth-order valence-electron chi connectivity index (χ4n) is 2.25. The lowest BCUT2D eigenvalue weighted by Gasteiger charge is -2.50. The topological polar surface area (TPSA) is 58.6 Å². The van der Waals surface area contributed by atoms with Gasteiger partial charge in [0.2, 0.25) is 0 Å². The molecule has 2 N–H and O–H groups in total. The van der Waals surface area contributed by atoms with E-state index in [-0.39, 0.29) is 29.6 Å². The summed E-state index contributed by atoms with van der Waals surface area (Å²) in [6, 6.07) is -0.0461. The van der Waals surface area contributed by atoms with Gasteiger partial charge in [0, 0.05) is 11.5 Å². The van der Waals surface area contributed by atoms with E-state index in [9.17, 15) is 9.90 Å². The molecule has 1 fully saturated rings. The summed E-state index contributed by atoms with van der Waals surface area (Å²) in [5.74, 6) is -0.198. The fourth-order valence-corrected chi connectivity index (χ4v) is 2.25. The van der Waals surface area contributed by atoms with Gasteiger partial charge in [0.25, 0.3) is 0 Å². The van der Waals surface area contributed by atoms with Gasteiger partial charge in [-0.25, -0.2) is 0 Å². The number of rotatable bonds is 6. The fraction of sp³-hybridized carbons (Fsp3) is 0.923. The molecule has 3 unspecified atom stereocenters. The first-order chi connectivity index (χ1) is 7.93. The molecule has 0 aromatic heterocycles. The van der Waals surface area contributed by atoms with Crippen molar-refractivity contribution in [3.8, 4) is 0 Å². The molecule has 0 aromatic rings. The molecular formula is C13H25NO3. The van der Waals surface area contributed by atoms with Crippen LogP contribution in [0.4, 0.5) is 0 Å². The molecule has 0 heterocycles. The lowest BCUT2D eigenvalue weighted by atomic mass is 9.64. The van der Waals surface area contributed by atoms with Crippen LogP contribution in [0.1, 0.15) is 46.5 Å². The molecule has 100 valence electrons. The van der Waals surface area contributed by atoms with E-state index in [4.69, 9.17) is 4.74 Å². The van der Waals surface area contributed by atoms with Crippen LogP contribution >= 0.6 is 0 Å². The van der Waals surface area contributed by atoms with E-state index >= 15 is 0 Å². The van der Waals surface area contributed by atoms with Crippen molar-refractivity contribution < 1.29 is 14.6 Å². The minimum Gasteiger partial charge on any atom is -0.468 e. The van der Waals surface area contributed by atoms with Crippen LogP contribution < -0.4 is 5.32 Å². The summed E-state index contributed by atoms with van der Waals surface area (Å²) < 4.78 is 4.81. The van der Waals surface area contributed by atoms with Gasteiger partial charge >= 0.3 is 5.97 Å². The Kier molecular flexibility index (Phi) is 4.95. The van der Waals surface area contributed by atoms with Crippen LogP contribution in [-0.2, 0) is 9.53 Å². The molecule has 1 rings (SSSR count). The molecule has 1 saturated carbocycles. The third-order valence-electron chi connectivity index (χ3n) is 3.95. The van der Waals surface area contributed by atoms with Crippen molar-refractivity contribution in [3.05, 3.63) is 0 Å². The maximum Gasteiger partial charge on any atom is 0.322 e. The van der Waals surface area contributed by atoms with Crippen molar-refractivity contribution in [2.75, 3.05) is 7.11 Å². The Labute approximate surface area is 104 Å². The quantitative estimate of drug-likeness (QED) is 0.694. The van der Waals surface area contributed by atoms with Crippen molar-refractivity contribution in [2.45, 2.75) is 64.6 Å². The summed E-state index contributed by atoms with van der Waals surface area (Å²) in [6.07, 6.45) is 3.30. The molecule has 0 saturated heterocycles. The predicted octanol–water partition coefficient (Wildman–Crippen LogP) is 1.47. The van der Waals surface area contributed by atoms with Crippen molar-refractivity contribution in [3.63, 3.8) is 0 Å². The van der Waals surface area contributed by atoms with Gasteiger partial charge in [-0.15, -0.1) is 0 Å². The highest BCUT2D eigenvalue weighted by Crippen LogP contribution is 2.40. The summed E-state index contributed by atoms with van der Waals surface area (Å²) in [5, 5.41) is 13.0. The molecule has 0 aromatic carbocycles. The molecule has 0 amide bonds. The average molecular weight is 243 g/mol. The molecule has 17 heavy (non-hydrogen) atoms. The van der Waals surface area contributed by atoms with Gasteiger partial charge in [-0.05, 0) is 12.8 Å². The van der Waals surface area contributed by atoms with E-state index in [0.29, 0.717) is 6.42 Å². The number of aliphatic hydroxyl groups excluding tert-OH is 1. The van der Waals surface area contributed by atoms with E-state index in [1.54, 1.807) is 0 Å². The number of unbranched alkanes of at least 4 members (excludes halogenated alkanes) is 1. The first-order valence-corrected chi connectivity index (χ1v) is 6.45. The number of aliphatic hydroxyl groups is 1. The summed E-state index contributed by atoms with van der Waals surface area (Å²) in [4.78, 5) is 11.6. The summed E-state index contributed by atoms with van der Waals surface area (Å²) in [5.41, 5.74) is -0.154. The minimum atomic E-state index is -0.274. The summed E-state index contributed by atoms with van der Waals surface area (Å²) in [7, 11) is 1.42. The standard InChI is InChI=1S/C13H25NO3/c1-5-6-7-9(12(16)17-4)14-10-8-11(15)13(10,2)3/h9-11,14-15H,5-8H2,1-4H3. The second-order valence-electron chi connectivity index (χ2n) is 5.51. The number of carbonyl (C=O) groups excluding carboxylic acids is 1. The second-order valence-corrected chi connectivity index (χ2v) is 5.51. The average Bonchev–Trinajstić information content (AvgIpc) is 2.32. The highest BCUT2D eigenvalue weighted by Gasteiger charge is 2.48. The molecule has 0 radical (unpaired) electrons. The van der Waals surface area contributed by atoms with Crippen molar-refractivity contribution in [1.29, 1.82) is 0 Å². The van der Waals surface area contributed by atoms with Crippen LogP contribution in [-0.4, -0.2) is 36.4 Å². The van der Waals surface area contributed by atoms with E-state index < -0.39 is 0 Å². The third-order valence-corrected chi connectivity index (χ3v) is 3.95. The number of hydrogen-bond donors (Lipinski definition) is 2. The van der Waals surface area contributed by atoms with Crippen molar-refractivity contribution in [2.24, 2.45) is 5.41 Å². The smallest absolute Gasteiger partial charge is 0.322 e. The summed E-state index contributed by atoms with van der Waals surface area (Å²) in [6.45, 7) is 6.14. The van der Waals surface area contributed by atoms with E-state index in [2.05, 4.69) is 12.2 Å². The van der Waals surface area contributed by atoms with Gasteiger partial charge < -0.3 is 15.2 Å². The first kappa shape index (κ1) is 14.5. The van der Waals surface area contributed by atoms with Crippen molar-refractivity contribution >= 4 is 5.97 Å². The highest BCUT2D eigenvalue weighted by molar-refractivity contribution is 5.75. The second kappa shape index (κ2) is 5.83. The predicted molar refractivity (Wildman–Crippen MR) is 66.7 cm³/mol. The Balaban J connectivity index is 2.52.